The van der Waals surface area contributed by atoms with Gasteiger partial charge in [0.1, 0.15) is 5.15 Å². The van der Waals surface area contributed by atoms with Crippen LogP contribution in [-0.4, -0.2) is 34.7 Å². The number of aliphatic hydroxyl groups is 1. The fraction of sp³-hybridized carbons (Fsp3) is 0.615. The summed E-state index contributed by atoms with van der Waals surface area (Å²) in [4.78, 5) is 6.54. The molecular weight excluding hydrogens is 236 g/mol. The molecule has 4 heteroatoms. The number of aromatic nitrogens is 1. The molecule has 0 amide bonds. The molecule has 1 atom stereocenters. The van der Waals surface area contributed by atoms with Crippen LogP contribution in [0.1, 0.15) is 24.8 Å². The lowest BCUT2D eigenvalue weighted by molar-refractivity contribution is 0.142. The predicted octanol–water partition coefficient (Wildman–Crippen LogP) is 2.33. The summed E-state index contributed by atoms with van der Waals surface area (Å²) in [5.41, 5.74) is 1.21. The van der Waals surface area contributed by atoms with Gasteiger partial charge in [-0.15, -0.1) is 0 Å². The fourth-order valence-corrected chi connectivity index (χ4v) is 2.58. The number of aliphatic hydroxyl groups excluding tert-OH is 1. The van der Waals surface area contributed by atoms with Crippen LogP contribution in [0, 0.1) is 5.92 Å². The summed E-state index contributed by atoms with van der Waals surface area (Å²) in [6, 6.07) is 3.87. The smallest absolute Gasteiger partial charge is 0.129 e. The van der Waals surface area contributed by atoms with Crippen molar-refractivity contribution in [3.63, 3.8) is 0 Å². The molecule has 0 aromatic carbocycles. The number of pyridine rings is 1. The normalized spacial score (nSPS) is 21.6. The molecular formula is C13H19ClN2O. The van der Waals surface area contributed by atoms with Gasteiger partial charge in [-0.3, -0.25) is 4.90 Å². The van der Waals surface area contributed by atoms with E-state index in [-0.39, 0.29) is 0 Å². The van der Waals surface area contributed by atoms with Crippen molar-refractivity contribution in [2.24, 2.45) is 5.92 Å². The van der Waals surface area contributed by atoms with Crippen LogP contribution in [-0.2, 0) is 6.54 Å². The molecule has 0 radical (unpaired) electrons. The van der Waals surface area contributed by atoms with Crippen molar-refractivity contribution in [3.05, 3.63) is 29.0 Å². The van der Waals surface area contributed by atoms with Crippen molar-refractivity contribution in [2.75, 3.05) is 19.7 Å². The Labute approximate surface area is 107 Å². The van der Waals surface area contributed by atoms with Gasteiger partial charge in [0.2, 0.25) is 0 Å². The Bertz CT molecular complexity index is 340. The van der Waals surface area contributed by atoms with Gasteiger partial charge >= 0.3 is 0 Å². The molecule has 3 nitrogen and oxygen atoms in total. The second kappa shape index (κ2) is 6.34. The van der Waals surface area contributed by atoms with Crippen molar-refractivity contribution in [1.29, 1.82) is 0 Å². The van der Waals surface area contributed by atoms with Gasteiger partial charge in [-0.25, -0.2) is 4.98 Å². The van der Waals surface area contributed by atoms with Crippen LogP contribution in [0.2, 0.25) is 5.15 Å². The van der Waals surface area contributed by atoms with Crippen molar-refractivity contribution >= 4 is 11.6 Å². The summed E-state index contributed by atoms with van der Waals surface area (Å²) < 4.78 is 0. The van der Waals surface area contributed by atoms with Crippen LogP contribution < -0.4 is 0 Å². The van der Waals surface area contributed by atoms with Crippen molar-refractivity contribution in [3.8, 4) is 0 Å². The Morgan fingerprint density at radius 2 is 2.35 bits per heavy atom. The maximum absolute atomic E-state index is 8.98. The van der Waals surface area contributed by atoms with E-state index in [1.807, 2.05) is 18.3 Å². The van der Waals surface area contributed by atoms with E-state index in [2.05, 4.69) is 9.88 Å². The molecule has 1 aromatic heterocycles. The number of nitrogens with zero attached hydrogens (tertiary/aromatic N) is 2. The van der Waals surface area contributed by atoms with Crippen LogP contribution in [0.15, 0.2) is 18.3 Å². The number of likely N-dealkylation sites (tertiary alicyclic amines) is 1. The second-order valence-corrected chi connectivity index (χ2v) is 5.13. The lowest BCUT2D eigenvalue weighted by Crippen LogP contribution is -2.35. The minimum atomic E-state index is 0.307. The summed E-state index contributed by atoms with van der Waals surface area (Å²) in [6.45, 7) is 3.47. The van der Waals surface area contributed by atoms with Crippen LogP contribution >= 0.6 is 11.6 Å². The maximum atomic E-state index is 8.98. The second-order valence-electron chi connectivity index (χ2n) is 4.74. The molecule has 1 unspecified atom stereocenters. The van der Waals surface area contributed by atoms with Crippen LogP contribution in [0.3, 0.4) is 0 Å². The van der Waals surface area contributed by atoms with Gasteiger partial charge in [0, 0.05) is 25.9 Å². The molecule has 0 aliphatic carbocycles. The largest absolute Gasteiger partial charge is 0.396 e. The highest BCUT2D eigenvalue weighted by atomic mass is 35.5. The lowest BCUT2D eigenvalue weighted by Gasteiger charge is -2.32. The molecule has 2 heterocycles. The summed E-state index contributed by atoms with van der Waals surface area (Å²) in [5, 5.41) is 9.53. The first kappa shape index (κ1) is 12.8. The number of piperidine rings is 1. The third kappa shape index (κ3) is 3.95. The minimum absolute atomic E-state index is 0.307. The first-order chi connectivity index (χ1) is 8.28. The van der Waals surface area contributed by atoms with E-state index >= 15 is 0 Å². The lowest BCUT2D eigenvalue weighted by atomic mass is 9.95. The SMILES string of the molecule is OCCC1CCCN(Cc2ccc(Cl)nc2)C1. The van der Waals surface area contributed by atoms with E-state index < -0.39 is 0 Å². The van der Waals surface area contributed by atoms with Gasteiger partial charge in [-0.1, -0.05) is 17.7 Å². The average Bonchev–Trinajstić information content (AvgIpc) is 2.33. The predicted molar refractivity (Wildman–Crippen MR) is 69.0 cm³/mol. The molecule has 17 heavy (non-hydrogen) atoms. The van der Waals surface area contributed by atoms with Gasteiger partial charge in [0.05, 0.1) is 0 Å². The third-order valence-electron chi connectivity index (χ3n) is 3.34. The molecule has 1 aliphatic rings. The first-order valence-electron chi connectivity index (χ1n) is 6.21. The monoisotopic (exact) mass is 254 g/mol. The molecule has 94 valence electrons. The third-order valence-corrected chi connectivity index (χ3v) is 3.56. The highest BCUT2D eigenvalue weighted by Gasteiger charge is 2.19. The zero-order valence-electron chi connectivity index (χ0n) is 9.98. The number of halogens is 1. The molecule has 1 fully saturated rings. The van der Waals surface area contributed by atoms with Crippen molar-refractivity contribution < 1.29 is 5.11 Å². The Kier molecular flexibility index (Phi) is 4.77. The quantitative estimate of drug-likeness (QED) is 0.838. The molecule has 0 bridgehead atoms. The molecule has 2 rings (SSSR count). The van der Waals surface area contributed by atoms with Gasteiger partial charge in [-0.2, -0.15) is 0 Å². The maximum Gasteiger partial charge on any atom is 0.129 e. The zero-order valence-corrected chi connectivity index (χ0v) is 10.7. The Morgan fingerprint density at radius 1 is 1.47 bits per heavy atom. The fourth-order valence-electron chi connectivity index (χ4n) is 2.47. The van der Waals surface area contributed by atoms with Crippen LogP contribution in [0.5, 0.6) is 0 Å². The molecule has 1 saturated heterocycles. The van der Waals surface area contributed by atoms with Crippen LogP contribution in [0.25, 0.3) is 0 Å². The van der Waals surface area contributed by atoms with E-state index in [1.165, 1.54) is 18.4 Å². The minimum Gasteiger partial charge on any atom is -0.396 e. The summed E-state index contributed by atoms with van der Waals surface area (Å²) in [5.74, 6) is 0.647. The first-order valence-corrected chi connectivity index (χ1v) is 6.59. The molecule has 1 N–H and O–H groups in total. The number of hydrogen-bond acceptors (Lipinski definition) is 3. The van der Waals surface area contributed by atoms with Crippen molar-refractivity contribution in [2.45, 2.75) is 25.8 Å². The van der Waals surface area contributed by atoms with E-state index in [9.17, 15) is 0 Å². The topological polar surface area (TPSA) is 36.4 Å². The van der Waals surface area contributed by atoms with Crippen molar-refractivity contribution in [1.82, 2.24) is 9.88 Å². The zero-order chi connectivity index (χ0) is 12.1. The molecule has 0 spiro atoms. The van der Waals surface area contributed by atoms with E-state index in [4.69, 9.17) is 16.7 Å². The van der Waals surface area contributed by atoms with E-state index in [0.717, 1.165) is 26.1 Å². The summed E-state index contributed by atoms with van der Waals surface area (Å²) >= 11 is 5.77. The summed E-state index contributed by atoms with van der Waals surface area (Å²) in [7, 11) is 0. The van der Waals surface area contributed by atoms with Gasteiger partial charge in [0.15, 0.2) is 0 Å². The Balaban J connectivity index is 1.87. The molecule has 0 saturated carbocycles. The van der Waals surface area contributed by atoms with Gasteiger partial charge in [0.25, 0.3) is 0 Å². The standard InChI is InChI=1S/C13H19ClN2O/c14-13-4-3-12(8-15-13)10-16-6-1-2-11(9-16)5-7-17/h3-4,8,11,17H,1-2,5-7,9-10H2. The Hall–Kier alpha value is -0.640. The van der Waals surface area contributed by atoms with E-state index in [0.29, 0.717) is 17.7 Å². The number of hydrogen-bond donors (Lipinski definition) is 1. The van der Waals surface area contributed by atoms with Crippen LogP contribution in [0.4, 0.5) is 0 Å². The van der Waals surface area contributed by atoms with E-state index in [1.54, 1.807) is 0 Å². The molecule has 1 aromatic rings. The average molecular weight is 255 g/mol. The molecule has 1 aliphatic heterocycles. The Morgan fingerprint density at radius 3 is 3.06 bits per heavy atom. The number of rotatable bonds is 4. The van der Waals surface area contributed by atoms with Gasteiger partial charge in [-0.05, 0) is 43.4 Å². The summed E-state index contributed by atoms with van der Waals surface area (Å²) in [6.07, 6.45) is 5.25. The van der Waals surface area contributed by atoms with Gasteiger partial charge < -0.3 is 5.11 Å². The highest BCUT2D eigenvalue weighted by molar-refractivity contribution is 6.29. The highest BCUT2D eigenvalue weighted by Crippen LogP contribution is 2.20.